The Balaban J connectivity index is 1.64. The Morgan fingerprint density at radius 3 is 2.65 bits per heavy atom. The molecule has 1 aliphatic rings. The third kappa shape index (κ3) is 3.42. The molecule has 0 atom stereocenters. The lowest BCUT2D eigenvalue weighted by Gasteiger charge is -2.18. The Labute approximate surface area is 175 Å². The van der Waals surface area contributed by atoms with Crippen LogP contribution in [0.3, 0.4) is 0 Å². The van der Waals surface area contributed by atoms with E-state index in [0.717, 1.165) is 18.2 Å². The van der Waals surface area contributed by atoms with Crippen LogP contribution >= 0.6 is 0 Å². The lowest BCUT2D eigenvalue weighted by molar-refractivity contribution is -0.137. The molecule has 0 saturated heterocycles. The minimum absolute atomic E-state index is 0.108. The van der Waals surface area contributed by atoms with E-state index in [9.17, 15) is 19.2 Å². The van der Waals surface area contributed by atoms with Crippen molar-refractivity contribution < 1.29 is 23.5 Å². The van der Waals surface area contributed by atoms with Gasteiger partial charge in [-0.2, -0.15) is 0 Å². The summed E-state index contributed by atoms with van der Waals surface area (Å²) in [6.45, 7) is 7.24. The number of H-pyrrole nitrogens is 1. The largest absolute Gasteiger partial charge is 0.464 e. The summed E-state index contributed by atoms with van der Waals surface area (Å²) in [7, 11) is 1.16. The Bertz CT molecular complexity index is 1350. The van der Waals surface area contributed by atoms with Gasteiger partial charge in [-0.3, -0.25) is 19.5 Å². The highest BCUT2D eigenvalue weighted by molar-refractivity contribution is 6.08. The summed E-state index contributed by atoms with van der Waals surface area (Å²) in [5.41, 5.74) is 3.19. The van der Waals surface area contributed by atoms with Gasteiger partial charge in [0.2, 0.25) is 0 Å². The number of amides is 2. The second-order valence-corrected chi connectivity index (χ2v) is 6.82. The summed E-state index contributed by atoms with van der Waals surface area (Å²) in [6, 6.07) is 10.5. The molecule has 2 aromatic carbocycles. The predicted molar refractivity (Wildman–Crippen MR) is 111 cm³/mol. The van der Waals surface area contributed by atoms with Gasteiger partial charge in [-0.25, -0.2) is 9.59 Å². The Morgan fingerprint density at radius 2 is 1.90 bits per heavy atom. The van der Waals surface area contributed by atoms with Crippen LogP contribution in [0.5, 0.6) is 0 Å². The fraction of sp³-hybridized carbons (Fsp3) is 0.0909. The minimum atomic E-state index is -0.800. The van der Waals surface area contributed by atoms with Gasteiger partial charge in [0.05, 0.1) is 19.2 Å². The van der Waals surface area contributed by atoms with Crippen molar-refractivity contribution in [3.63, 3.8) is 0 Å². The molecule has 0 aliphatic carbocycles. The van der Waals surface area contributed by atoms with Crippen molar-refractivity contribution in [2.75, 3.05) is 7.11 Å². The van der Waals surface area contributed by atoms with Crippen molar-refractivity contribution in [2.45, 2.75) is 6.54 Å². The molecule has 4 rings (SSSR count). The molecule has 2 heterocycles. The molecule has 3 aromatic rings. The van der Waals surface area contributed by atoms with E-state index in [0.29, 0.717) is 22.2 Å². The van der Waals surface area contributed by atoms with Crippen molar-refractivity contribution in [1.29, 1.82) is 0 Å². The monoisotopic (exact) mass is 419 g/mol. The van der Waals surface area contributed by atoms with E-state index >= 15 is 0 Å². The van der Waals surface area contributed by atoms with Gasteiger partial charge in [-0.05, 0) is 34.9 Å². The minimum Gasteiger partial charge on any atom is -0.464 e. The second kappa shape index (κ2) is 7.45. The maximum atomic E-state index is 12.9. The molecule has 0 radical (unpaired) electrons. The number of nitrogens with zero attached hydrogens (tertiary/aromatic N) is 1. The maximum absolute atomic E-state index is 12.9. The normalized spacial score (nSPS) is 12.5. The van der Waals surface area contributed by atoms with Gasteiger partial charge in [0.15, 0.2) is 5.58 Å². The Hall–Kier alpha value is -4.40. The molecule has 1 aromatic heterocycles. The van der Waals surface area contributed by atoms with Gasteiger partial charge in [0.25, 0.3) is 11.8 Å². The summed E-state index contributed by atoms with van der Waals surface area (Å²) < 4.78 is 9.62. The highest BCUT2D eigenvalue weighted by Gasteiger charge is 2.33. The van der Waals surface area contributed by atoms with Crippen LogP contribution in [0.4, 0.5) is 0 Å². The fourth-order valence-corrected chi connectivity index (χ4v) is 3.44. The summed E-state index contributed by atoms with van der Waals surface area (Å²) >= 11 is 0. The van der Waals surface area contributed by atoms with Gasteiger partial charge >= 0.3 is 11.7 Å². The van der Waals surface area contributed by atoms with Crippen LogP contribution < -0.4 is 11.1 Å². The number of methoxy groups -OCH3 is 1. The smallest absolute Gasteiger partial charge is 0.417 e. The van der Waals surface area contributed by atoms with E-state index in [4.69, 9.17) is 4.42 Å². The van der Waals surface area contributed by atoms with Crippen LogP contribution in [0.15, 0.2) is 70.2 Å². The zero-order valence-electron chi connectivity index (χ0n) is 16.5. The van der Waals surface area contributed by atoms with Crippen LogP contribution in [0, 0.1) is 0 Å². The number of nitrogens with one attached hydrogen (secondary N) is 2. The van der Waals surface area contributed by atoms with E-state index in [1.807, 2.05) is 6.07 Å². The number of aromatic amines is 1. The molecule has 0 fully saturated rings. The van der Waals surface area contributed by atoms with Crippen LogP contribution in [0.25, 0.3) is 22.2 Å². The molecule has 156 valence electrons. The highest BCUT2D eigenvalue weighted by atomic mass is 16.5. The van der Waals surface area contributed by atoms with Gasteiger partial charge in [-0.1, -0.05) is 31.4 Å². The lowest BCUT2D eigenvalue weighted by Crippen LogP contribution is -2.36. The molecule has 2 N–H and O–H groups in total. The van der Waals surface area contributed by atoms with Crippen molar-refractivity contribution in [2.24, 2.45) is 0 Å². The number of ether oxygens (including phenoxy) is 1. The van der Waals surface area contributed by atoms with E-state index < -0.39 is 23.5 Å². The quantitative estimate of drug-likeness (QED) is 0.482. The third-order valence-electron chi connectivity index (χ3n) is 4.98. The molecule has 1 aliphatic heterocycles. The predicted octanol–water partition coefficient (Wildman–Crippen LogP) is 2.06. The molecule has 0 unspecified atom stereocenters. The molecular weight excluding hydrogens is 402 g/mol. The molecular formula is C22H17N3O6. The zero-order chi connectivity index (χ0) is 22.3. The van der Waals surface area contributed by atoms with Gasteiger partial charge in [0, 0.05) is 5.56 Å². The van der Waals surface area contributed by atoms with Gasteiger partial charge in [-0.15, -0.1) is 0 Å². The zero-order valence-corrected chi connectivity index (χ0v) is 16.5. The first-order valence-electron chi connectivity index (χ1n) is 9.14. The van der Waals surface area contributed by atoms with E-state index in [1.54, 1.807) is 30.3 Å². The number of aromatic nitrogens is 1. The van der Waals surface area contributed by atoms with Crippen molar-refractivity contribution in [3.8, 4) is 11.1 Å². The fourth-order valence-electron chi connectivity index (χ4n) is 3.44. The number of oxazole rings is 1. The highest BCUT2D eigenvalue weighted by Crippen LogP contribution is 2.35. The van der Waals surface area contributed by atoms with Crippen molar-refractivity contribution >= 4 is 28.9 Å². The topological polar surface area (TPSA) is 122 Å². The standard InChI is InChI=1S/C22H17N3O6/c1-11(21(28)30-3)23-19(26)12(2)25-10-16-14(5-4-6-15(16)20(25)27)13-7-8-17-18(9-13)31-22(29)24-17/h4-9H,1-2,10H2,3H3,(H,23,26)(H,24,29). The van der Waals surface area contributed by atoms with Crippen LogP contribution in [-0.2, 0) is 20.9 Å². The summed E-state index contributed by atoms with van der Waals surface area (Å²) in [4.78, 5) is 52.1. The molecule has 9 nitrogen and oxygen atoms in total. The summed E-state index contributed by atoms with van der Waals surface area (Å²) in [5.74, 6) is -2.49. The summed E-state index contributed by atoms with van der Waals surface area (Å²) in [5, 5.41) is 2.28. The molecule has 2 amide bonds. The Kier molecular flexibility index (Phi) is 4.78. The first-order chi connectivity index (χ1) is 14.8. The van der Waals surface area contributed by atoms with Crippen LogP contribution in [-0.4, -0.2) is 34.8 Å². The third-order valence-corrected chi connectivity index (χ3v) is 4.98. The number of hydrogen-bond acceptors (Lipinski definition) is 6. The van der Waals surface area contributed by atoms with E-state index in [-0.39, 0.29) is 17.9 Å². The SMILES string of the molecule is C=C(NC(=O)C(=C)N1Cc2c(cccc2-c2ccc3[nH]c(=O)oc3c2)C1=O)C(=O)OC. The molecule has 31 heavy (non-hydrogen) atoms. The average molecular weight is 419 g/mol. The van der Waals surface area contributed by atoms with Crippen molar-refractivity contribution in [1.82, 2.24) is 15.2 Å². The van der Waals surface area contributed by atoms with E-state index in [1.165, 1.54) is 4.90 Å². The lowest BCUT2D eigenvalue weighted by atomic mass is 9.97. The van der Waals surface area contributed by atoms with Gasteiger partial charge in [0.1, 0.15) is 11.4 Å². The van der Waals surface area contributed by atoms with E-state index in [2.05, 4.69) is 28.2 Å². The Morgan fingerprint density at radius 1 is 1.16 bits per heavy atom. The first kappa shape index (κ1) is 19.9. The number of benzene rings is 2. The van der Waals surface area contributed by atoms with Gasteiger partial charge < -0.3 is 14.5 Å². The average Bonchev–Trinajstić information content (AvgIpc) is 3.30. The molecule has 0 spiro atoms. The first-order valence-corrected chi connectivity index (χ1v) is 9.14. The van der Waals surface area contributed by atoms with Crippen LogP contribution in [0.2, 0.25) is 0 Å². The molecule has 9 heteroatoms. The maximum Gasteiger partial charge on any atom is 0.417 e. The number of carbonyl (C=O) groups is 3. The van der Waals surface area contributed by atoms with Crippen molar-refractivity contribution in [3.05, 3.63) is 82.6 Å². The number of fused-ring (bicyclic) bond motifs is 2. The number of rotatable bonds is 5. The number of esters is 1. The number of hydrogen-bond donors (Lipinski definition) is 2. The second-order valence-electron chi connectivity index (χ2n) is 6.82. The van der Waals surface area contributed by atoms with Crippen LogP contribution in [0.1, 0.15) is 15.9 Å². The number of carbonyl (C=O) groups excluding carboxylic acids is 3. The molecule has 0 saturated carbocycles. The molecule has 0 bridgehead atoms. The summed E-state index contributed by atoms with van der Waals surface area (Å²) in [6.07, 6.45) is 0.